The molecule has 0 aromatic rings. The van der Waals surface area contributed by atoms with Crippen LogP contribution in [0.3, 0.4) is 0 Å². The molecule has 1 atom stereocenters. The van der Waals surface area contributed by atoms with Crippen molar-refractivity contribution in [3.8, 4) is 0 Å². The Kier molecular flexibility index (Phi) is 6.24. The van der Waals surface area contributed by atoms with Crippen molar-refractivity contribution in [2.24, 2.45) is 11.1 Å². The van der Waals surface area contributed by atoms with Gasteiger partial charge in [0.25, 0.3) is 0 Å². The van der Waals surface area contributed by atoms with Crippen molar-refractivity contribution < 1.29 is 14.8 Å². The minimum atomic E-state index is 0.0331. The van der Waals surface area contributed by atoms with Crippen LogP contribution in [-0.4, -0.2) is 19.8 Å². The van der Waals surface area contributed by atoms with E-state index in [0.29, 0.717) is 6.54 Å². The lowest BCUT2D eigenvalue weighted by molar-refractivity contribution is -0.515. The summed E-state index contributed by atoms with van der Waals surface area (Å²) in [5.74, 6) is 0. The zero-order chi connectivity index (χ0) is 10.3. The average molecular weight is 191 g/mol. The molecular weight excluding hydrogens is 170 g/mol. The Labute approximate surface area is 80.2 Å². The van der Waals surface area contributed by atoms with Gasteiger partial charge >= 0.3 is 0 Å². The van der Waals surface area contributed by atoms with Gasteiger partial charge in [0.2, 0.25) is 0 Å². The van der Waals surface area contributed by atoms with Gasteiger partial charge in [-0.15, -0.1) is 0 Å². The van der Waals surface area contributed by atoms with E-state index in [1.165, 1.54) is 7.11 Å². The lowest BCUT2D eigenvalue weighted by Gasteiger charge is -2.23. The first-order chi connectivity index (χ1) is 6.02. The highest BCUT2D eigenvalue weighted by molar-refractivity contribution is 4.70. The monoisotopic (exact) mass is 191 g/mol. The summed E-state index contributed by atoms with van der Waals surface area (Å²) in [6.45, 7) is 6.89. The third-order valence-corrected chi connectivity index (χ3v) is 2.05. The summed E-state index contributed by atoms with van der Waals surface area (Å²) in [5, 5.41) is 4.36. The zero-order valence-electron chi connectivity index (χ0n) is 9.00. The molecule has 0 heterocycles. The van der Waals surface area contributed by atoms with Gasteiger partial charge in [0, 0.05) is 0 Å². The summed E-state index contributed by atoms with van der Waals surface area (Å²) >= 11 is 0. The molecule has 0 saturated heterocycles. The molecule has 80 valence electrons. The summed E-state index contributed by atoms with van der Waals surface area (Å²) in [6, 6.07) is 0. The first-order valence-corrected chi connectivity index (χ1v) is 4.58. The standard InChI is InChI=1S/C9H21NO3/c1-8(12-13-11-4)5-6-9(2,3)7-10/h8H,5-7,10H2,1-4H3. The number of hydrogen-bond acceptors (Lipinski definition) is 4. The van der Waals surface area contributed by atoms with E-state index in [0.717, 1.165) is 12.8 Å². The Hall–Kier alpha value is -0.160. The maximum Gasteiger partial charge on any atom is 0.0933 e. The van der Waals surface area contributed by atoms with Crippen LogP contribution < -0.4 is 5.73 Å². The quantitative estimate of drug-likeness (QED) is 0.491. The number of rotatable bonds is 7. The molecule has 0 fully saturated rings. The Morgan fingerprint density at radius 1 is 1.38 bits per heavy atom. The molecular formula is C9H21NO3. The van der Waals surface area contributed by atoms with Gasteiger partial charge in [-0.05, 0) is 31.7 Å². The lowest BCUT2D eigenvalue weighted by atomic mass is 9.87. The van der Waals surface area contributed by atoms with E-state index in [1.807, 2.05) is 6.92 Å². The van der Waals surface area contributed by atoms with Crippen LogP contribution in [0.5, 0.6) is 0 Å². The molecule has 0 aromatic heterocycles. The molecule has 0 spiro atoms. The molecule has 1 unspecified atom stereocenters. The molecule has 0 aliphatic rings. The predicted octanol–water partition coefficient (Wildman–Crippen LogP) is 1.65. The predicted molar refractivity (Wildman–Crippen MR) is 50.7 cm³/mol. The van der Waals surface area contributed by atoms with Gasteiger partial charge in [0.05, 0.1) is 13.2 Å². The van der Waals surface area contributed by atoms with Crippen molar-refractivity contribution in [3.63, 3.8) is 0 Å². The summed E-state index contributed by atoms with van der Waals surface area (Å²) in [7, 11) is 1.41. The van der Waals surface area contributed by atoms with Crippen molar-refractivity contribution >= 4 is 0 Å². The maximum atomic E-state index is 5.60. The van der Waals surface area contributed by atoms with E-state index in [1.54, 1.807) is 0 Å². The van der Waals surface area contributed by atoms with Crippen LogP contribution >= 0.6 is 0 Å². The first-order valence-electron chi connectivity index (χ1n) is 4.58. The summed E-state index contributed by atoms with van der Waals surface area (Å²) in [4.78, 5) is 9.19. The molecule has 2 N–H and O–H groups in total. The summed E-state index contributed by atoms with van der Waals surface area (Å²) < 4.78 is 0. The summed E-state index contributed by atoms with van der Waals surface area (Å²) in [6.07, 6.45) is 1.96. The van der Waals surface area contributed by atoms with E-state index in [4.69, 9.17) is 10.6 Å². The highest BCUT2D eigenvalue weighted by Gasteiger charge is 2.17. The van der Waals surface area contributed by atoms with E-state index in [2.05, 4.69) is 23.8 Å². The van der Waals surface area contributed by atoms with Gasteiger partial charge in [-0.2, -0.15) is 0 Å². The molecule has 13 heavy (non-hydrogen) atoms. The fraction of sp³-hybridized carbons (Fsp3) is 1.00. The molecule has 0 radical (unpaired) electrons. The third kappa shape index (κ3) is 6.95. The second-order valence-corrected chi connectivity index (χ2v) is 4.05. The van der Waals surface area contributed by atoms with E-state index < -0.39 is 0 Å². The minimum absolute atomic E-state index is 0.0331. The summed E-state index contributed by atoms with van der Waals surface area (Å²) in [5.41, 5.74) is 5.77. The van der Waals surface area contributed by atoms with Crippen LogP contribution in [0.25, 0.3) is 0 Å². The van der Waals surface area contributed by atoms with Crippen LogP contribution in [0.15, 0.2) is 0 Å². The average Bonchev–Trinajstić information content (AvgIpc) is 2.11. The van der Waals surface area contributed by atoms with Crippen molar-refractivity contribution in [2.75, 3.05) is 13.7 Å². The normalized spacial score (nSPS) is 14.5. The SMILES string of the molecule is COOOC(C)CCC(C)(C)CN. The Balaban J connectivity index is 3.51. The second kappa shape index (κ2) is 6.32. The molecule has 0 aliphatic carbocycles. The van der Waals surface area contributed by atoms with Gasteiger partial charge in [-0.1, -0.05) is 18.9 Å². The molecule has 0 aliphatic heterocycles. The topological polar surface area (TPSA) is 53.7 Å². The Morgan fingerprint density at radius 3 is 2.46 bits per heavy atom. The van der Waals surface area contributed by atoms with Crippen LogP contribution in [-0.2, 0) is 14.8 Å². The van der Waals surface area contributed by atoms with E-state index in [-0.39, 0.29) is 11.5 Å². The zero-order valence-corrected chi connectivity index (χ0v) is 9.00. The Morgan fingerprint density at radius 2 is 2.00 bits per heavy atom. The van der Waals surface area contributed by atoms with Gasteiger partial charge in [0.1, 0.15) is 0 Å². The largest absolute Gasteiger partial charge is 0.330 e. The molecule has 0 amide bonds. The van der Waals surface area contributed by atoms with E-state index >= 15 is 0 Å². The molecule has 4 heteroatoms. The molecule has 0 aromatic carbocycles. The molecule has 0 bridgehead atoms. The second-order valence-electron chi connectivity index (χ2n) is 4.05. The van der Waals surface area contributed by atoms with Gasteiger partial charge in [0.15, 0.2) is 0 Å². The van der Waals surface area contributed by atoms with Crippen LogP contribution in [0, 0.1) is 5.41 Å². The lowest BCUT2D eigenvalue weighted by Crippen LogP contribution is -2.25. The van der Waals surface area contributed by atoms with Crippen molar-refractivity contribution in [1.82, 2.24) is 0 Å². The fourth-order valence-corrected chi connectivity index (χ4v) is 0.851. The van der Waals surface area contributed by atoms with Gasteiger partial charge in [-0.3, -0.25) is 0 Å². The van der Waals surface area contributed by atoms with Crippen LogP contribution in [0.2, 0.25) is 0 Å². The van der Waals surface area contributed by atoms with Crippen molar-refractivity contribution in [2.45, 2.75) is 39.7 Å². The fourth-order valence-electron chi connectivity index (χ4n) is 0.851. The van der Waals surface area contributed by atoms with Crippen molar-refractivity contribution in [3.05, 3.63) is 0 Å². The minimum Gasteiger partial charge on any atom is -0.330 e. The number of hydrogen-bond donors (Lipinski definition) is 1. The molecule has 0 saturated carbocycles. The molecule has 4 nitrogen and oxygen atoms in total. The third-order valence-electron chi connectivity index (χ3n) is 2.05. The smallest absolute Gasteiger partial charge is 0.0933 e. The number of nitrogens with two attached hydrogens (primary N) is 1. The van der Waals surface area contributed by atoms with Gasteiger partial charge in [-0.25, -0.2) is 9.78 Å². The van der Waals surface area contributed by atoms with Crippen LogP contribution in [0.4, 0.5) is 0 Å². The highest BCUT2D eigenvalue weighted by atomic mass is 17.5. The highest BCUT2D eigenvalue weighted by Crippen LogP contribution is 2.21. The van der Waals surface area contributed by atoms with Gasteiger partial charge < -0.3 is 5.73 Å². The van der Waals surface area contributed by atoms with Crippen LogP contribution in [0.1, 0.15) is 33.6 Å². The first kappa shape index (κ1) is 12.8. The maximum absolute atomic E-state index is 5.60. The molecule has 0 rings (SSSR count). The van der Waals surface area contributed by atoms with E-state index in [9.17, 15) is 0 Å². The van der Waals surface area contributed by atoms with Crippen molar-refractivity contribution in [1.29, 1.82) is 0 Å². The Bertz CT molecular complexity index is 128.